The lowest BCUT2D eigenvalue weighted by Gasteiger charge is -2.31. The van der Waals surface area contributed by atoms with Crippen LogP contribution < -0.4 is 4.90 Å². The van der Waals surface area contributed by atoms with Crippen molar-refractivity contribution >= 4 is 33.2 Å². The number of hydrogen-bond donors (Lipinski definition) is 0. The molecule has 1 aromatic carbocycles. The third kappa shape index (κ3) is 5.26. The predicted octanol–water partition coefficient (Wildman–Crippen LogP) is 2.96. The molecule has 1 aliphatic heterocycles. The van der Waals surface area contributed by atoms with E-state index in [1.165, 1.54) is 0 Å². The topological polar surface area (TPSA) is 65.5 Å². The number of thiazole rings is 1. The van der Waals surface area contributed by atoms with Gasteiger partial charge in [-0.1, -0.05) is 17.4 Å². The monoisotopic (exact) mass is 438 g/mol. The molecule has 0 saturated carbocycles. The summed E-state index contributed by atoms with van der Waals surface area (Å²) in [5, 5.41) is 10.7. The summed E-state index contributed by atoms with van der Waals surface area (Å²) < 4.78 is 0. The standard InChI is InChI=1S/C23H30N6OS/c1-4-29(5-2)23-24-15-22(31-23)17-6-7-21-18(12-17)13-19(25-26-21)14-20(30)16-28-10-8-27(3)9-11-28/h6-7,12-13,15H,4-5,8-11,14,16H2,1-3H3. The lowest BCUT2D eigenvalue weighted by Crippen LogP contribution is -2.46. The molecule has 0 N–H and O–H groups in total. The van der Waals surface area contributed by atoms with Crippen LogP contribution in [0.1, 0.15) is 19.5 Å². The third-order valence-electron chi connectivity index (χ3n) is 5.82. The Morgan fingerprint density at radius 1 is 1.10 bits per heavy atom. The fourth-order valence-corrected chi connectivity index (χ4v) is 4.92. The minimum absolute atomic E-state index is 0.195. The van der Waals surface area contributed by atoms with Crippen molar-refractivity contribution in [3.05, 3.63) is 36.2 Å². The minimum atomic E-state index is 0.195. The second-order valence-electron chi connectivity index (χ2n) is 8.08. The molecule has 1 saturated heterocycles. The molecule has 3 heterocycles. The molecule has 164 valence electrons. The highest BCUT2D eigenvalue weighted by Gasteiger charge is 2.17. The molecule has 0 bridgehead atoms. The quantitative estimate of drug-likeness (QED) is 0.536. The minimum Gasteiger partial charge on any atom is -0.349 e. The van der Waals surface area contributed by atoms with Crippen LogP contribution in [0.3, 0.4) is 0 Å². The largest absolute Gasteiger partial charge is 0.349 e. The van der Waals surface area contributed by atoms with Gasteiger partial charge in [-0.2, -0.15) is 10.2 Å². The number of carbonyl (C=O) groups is 1. The van der Waals surface area contributed by atoms with Crippen LogP contribution in [-0.2, 0) is 11.2 Å². The Hall–Kier alpha value is -2.42. The zero-order valence-corrected chi connectivity index (χ0v) is 19.4. The number of benzene rings is 1. The second-order valence-corrected chi connectivity index (χ2v) is 9.09. The van der Waals surface area contributed by atoms with Crippen LogP contribution in [0.4, 0.5) is 5.13 Å². The van der Waals surface area contributed by atoms with Crippen LogP contribution in [0, 0.1) is 0 Å². The molecule has 2 aromatic heterocycles. The summed E-state index contributed by atoms with van der Waals surface area (Å²) in [7, 11) is 2.12. The van der Waals surface area contributed by atoms with Crippen molar-refractivity contribution < 1.29 is 4.79 Å². The number of piperazine rings is 1. The molecule has 1 aliphatic rings. The number of Topliss-reactive ketones (excluding diaryl/α,β-unsaturated/α-hetero) is 1. The Labute approximate surface area is 187 Å². The van der Waals surface area contributed by atoms with Crippen molar-refractivity contribution in [2.45, 2.75) is 20.3 Å². The molecule has 0 aliphatic carbocycles. The van der Waals surface area contributed by atoms with Gasteiger partial charge >= 0.3 is 0 Å². The first kappa shape index (κ1) is 21.8. The van der Waals surface area contributed by atoms with E-state index in [-0.39, 0.29) is 5.78 Å². The van der Waals surface area contributed by atoms with E-state index in [0.717, 1.165) is 71.4 Å². The van der Waals surface area contributed by atoms with Crippen LogP contribution >= 0.6 is 11.3 Å². The van der Waals surface area contributed by atoms with E-state index in [0.29, 0.717) is 13.0 Å². The van der Waals surface area contributed by atoms with Gasteiger partial charge in [0, 0.05) is 50.9 Å². The van der Waals surface area contributed by atoms with Crippen LogP contribution in [0.5, 0.6) is 0 Å². The van der Waals surface area contributed by atoms with E-state index in [4.69, 9.17) is 0 Å². The van der Waals surface area contributed by atoms with E-state index in [9.17, 15) is 4.79 Å². The van der Waals surface area contributed by atoms with Crippen LogP contribution in [0.15, 0.2) is 30.5 Å². The van der Waals surface area contributed by atoms with E-state index in [1.54, 1.807) is 11.3 Å². The lowest BCUT2D eigenvalue weighted by atomic mass is 10.1. The van der Waals surface area contributed by atoms with E-state index >= 15 is 0 Å². The molecule has 7 nitrogen and oxygen atoms in total. The van der Waals surface area contributed by atoms with Crippen molar-refractivity contribution in [3.63, 3.8) is 0 Å². The Balaban J connectivity index is 1.48. The summed E-state index contributed by atoms with van der Waals surface area (Å²) in [6.07, 6.45) is 2.26. The molecule has 4 rings (SSSR count). The van der Waals surface area contributed by atoms with Gasteiger partial charge in [-0.15, -0.1) is 0 Å². The van der Waals surface area contributed by atoms with Gasteiger partial charge < -0.3 is 9.80 Å². The molecule has 31 heavy (non-hydrogen) atoms. The van der Waals surface area contributed by atoms with Gasteiger partial charge in [-0.3, -0.25) is 9.69 Å². The highest BCUT2D eigenvalue weighted by atomic mass is 32.1. The highest BCUT2D eigenvalue weighted by molar-refractivity contribution is 7.18. The zero-order chi connectivity index (χ0) is 21.8. The van der Waals surface area contributed by atoms with Crippen LogP contribution in [-0.4, -0.2) is 83.6 Å². The fourth-order valence-electron chi connectivity index (χ4n) is 3.88. The zero-order valence-electron chi connectivity index (χ0n) is 18.5. The van der Waals surface area contributed by atoms with Crippen molar-refractivity contribution in [1.82, 2.24) is 25.0 Å². The molecule has 0 amide bonds. The molecule has 3 aromatic rings. The highest BCUT2D eigenvalue weighted by Crippen LogP contribution is 2.32. The number of hydrogen-bond acceptors (Lipinski definition) is 8. The average molecular weight is 439 g/mol. The Kier molecular flexibility index (Phi) is 6.89. The van der Waals surface area contributed by atoms with Gasteiger partial charge in [0.1, 0.15) is 0 Å². The number of likely N-dealkylation sites (N-methyl/N-ethyl adjacent to an activating group) is 1. The first-order valence-corrected chi connectivity index (χ1v) is 11.8. The smallest absolute Gasteiger partial charge is 0.185 e. The van der Waals surface area contributed by atoms with E-state index in [2.05, 4.69) is 62.9 Å². The van der Waals surface area contributed by atoms with Gasteiger partial charge in [-0.05, 0) is 44.7 Å². The number of ketones is 1. The lowest BCUT2D eigenvalue weighted by molar-refractivity contribution is -0.120. The maximum Gasteiger partial charge on any atom is 0.185 e. The van der Waals surface area contributed by atoms with Gasteiger partial charge in [0.25, 0.3) is 0 Å². The molecule has 0 unspecified atom stereocenters. The SMILES string of the molecule is CCN(CC)c1ncc(-c2ccc3nnc(CC(=O)CN4CCN(C)CC4)cc3c2)s1. The fraction of sp³-hybridized carbons (Fsp3) is 0.478. The molecule has 0 radical (unpaired) electrons. The number of fused-ring (bicyclic) bond motifs is 1. The molecule has 8 heteroatoms. The molecule has 0 spiro atoms. The van der Waals surface area contributed by atoms with Gasteiger partial charge in [0.05, 0.1) is 29.1 Å². The van der Waals surface area contributed by atoms with Crippen molar-refractivity contribution in [1.29, 1.82) is 0 Å². The maximum absolute atomic E-state index is 12.6. The number of rotatable bonds is 8. The van der Waals surface area contributed by atoms with Crippen molar-refractivity contribution in [2.24, 2.45) is 0 Å². The van der Waals surface area contributed by atoms with Gasteiger partial charge in [-0.25, -0.2) is 4.98 Å². The van der Waals surface area contributed by atoms with E-state index < -0.39 is 0 Å². The summed E-state index contributed by atoms with van der Waals surface area (Å²) in [5.74, 6) is 0.195. The van der Waals surface area contributed by atoms with E-state index in [1.807, 2.05) is 18.3 Å². The number of anilines is 1. The Bertz CT molecular complexity index is 1040. The first-order valence-electron chi connectivity index (χ1n) is 11.0. The summed E-state index contributed by atoms with van der Waals surface area (Å²) >= 11 is 1.70. The number of nitrogens with zero attached hydrogens (tertiary/aromatic N) is 6. The number of carbonyl (C=O) groups excluding carboxylic acids is 1. The summed E-state index contributed by atoms with van der Waals surface area (Å²) in [5.41, 5.74) is 2.69. The molecular weight excluding hydrogens is 408 g/mol. The second kappa shape index (κ2) is 9.80. The first-order chi connectivity index (χ1) is 15.1. The number of aromatic nitrogens is 3. The third-order valence-corrected chi connectivity index (χ3v) is 6.93. The normalized spacial score (nSPS) is 15.5. The maximum atomic E-state index is 12.6. The van der Waals surface area contributed by atoms with Crippen LogP contribution in [0.25, 0.3) is 21.3 Å². The Morgan fingerprint density at radius 2 is 1.87 bits per heavy atom. The Morgan fingerprint density at radius 3 is 2.61 bits per heavy atom. The molecular formula is C23H30N6OS. The summed E-state index contributed by atoms with van der Waals surface area (Å²) in [6, 6.07) is 8.18. The summed E-state index contributed by atoms with van der Waals surface area (Å²) in [4.78, 5) is 25.1. The molecule has 1 fully saturated rings. The van der Waals surface area contributed by atoms with Crippen molar-refractivity contribution in [2.75, 3.05) is 57.8 Å². The van der Waals surface area contributed by atoms with Crippen LogP contribution in [0.2, 0.25) is 0 Å². The van der Waals surface area contributed by atoms with Crippen molar-refractivity contribution in [3.8, 4) is 10.4 Å². The van der Waals surface area contributed by atoms with Gasteiger partial charge in [0.2, 0.25) is 0 Å². The molecule has 0 atom stereocenters. The average Bonchev–Trinajstić information content (AvgIpc) is 3.26. The van der Waals surface area contributed by atoms with Gasteiger partial charge in [0.15, 0.2) is 10.9 Å². The predicted molar refractivity (Wildman–Crippen MR) is 127 cm³/mol. The summed E-state index contributed by atoms with van der Waals surface area (Å²) in [6.45, 7) is 10.6.